The van der Waals surface area contributed by atoms with E-state index in [1.807, 2.05) is 27.7 Å². The van der Waals surface area contributed by atoms with Gasteiger partial charge in [0.25, 0.3) is 0 Å². The number of nitrogens with zero attached hydrogens (tertiary/aromatic N) is 1. The van der Waals surface area contributed by atoms with Gasteiger partial charge in [-0.2, -0.15) is 4.31 Å². The van der Waals surface area contributed by atoms with E-state index >= 15 is 0 Å². The molecule has 1 rings (SSSR count). The number of rotatable bonds is 7. The highest BCUT2D eigenvalue weighted by atomic mass is 32.2. The van der Waals surface area contributed by atoms with E-state index in [9.17, 15) is 8.42 Å². The number of hydrogen-bond donors (Lipinski definition) is 1. The third-order valence-corrected chi connectivity index (χ3v) is 5.26. The maximum absolute atomic E-state index is 12.6. The molecule has 0 aliphatic carbocycles. The van der Waals surface area contributed by atoms with Crippen LogP contribution >= 0.6 is 12.2 Å². The van der Waals surface area contributed by atoms with Crippen molar-refractivity contribution in [1.82, 2.24) is 4.31 Å². The maximum Gasteiger partial charge on any atom is 0.218 e. The van der Waals surface area contributed by atoms with E-state index in [0.29, 0.717) is 17.7 Å². The predicted octanol–water partition coefficient (Wildman–Crippen LogP) is 2.52. The average Bonchev–Trinajstić information content (AvgIpc) is 2.35. The monoisotopic (exact) mass is 328 g/mol. The molecule has 1 aromatic rings. The number of thiocarbonyl (C=S) groups is 1. The fraction of sp³-hybridized carbons (Fsp3) is 0.533. The highest BCUT2D eigenvalue weighted by Crippen LogP contribution is 2.17. The third-order valence-electron chi connectivity index (χ3n) is 3.04. The molecule has 0 fully saturated rings. The number of sulfonamides is 1. The van der Waals surface area contributed by atoms with Crippen LogP contribution in [0.25, 0.3) is 0 Å². The molecule has 21 heavy (non-hydrogen) atoms. The minimum Gasteiger partial charge on any atom is -0.389 e. The van der Waals surface area contributed by atoms with Gasteiger partial charge in [0.2, 0.25) is 10.0 Å². The largest absolute Gasteiger partial charge is 0.389 e. The van der Waals surface area contributed by atoms with Gasteiger partial charge < -0.3 is 5.73 Å². The Morgan fingerprint density at radius 2 is 1.90 bits per heavy atom. The molecule has 0 bridgehead atoms. The standard InChI is InChI=1S/C15H24N2O2S2/c1-11(2)9-17(12(3)4)21(18,19)10-13-6-5-7-14(8-13)15(16)20/h5-8,11-12H,9-10H2,1-4H3,(H2,16,20). The van der Waals surface area contributed by atoms with Gasteiger partial charge in [-0.05, 0) is 31.4 Å². The highest BCUT2D eigenvalue weighted by Gasteiger charge is 2.25. The normalized spacial score (nSPS) is 12.3. The van der Waals surface area contributed by atoms with Crippen molar-refractivity contribution >= 4 is 27.2 Å². The molecule has 4 nitrogen and oxygen atoms in total. The van der Waals surface area contributed by atoms with Crippen molar-refractivity contribution in [2.24, 2.45) is 11.7 Å². The summed E-state index contributed by atoms with van der Waals surface area (Å²) in [5, 5.41) is 0. The molecule has 0 aliphatic heterocycles. The van der Waals surface area contributed by atoms with E-state index in [4.69, 9.17) is 18.0 Å². The van der Waals surface area contributed by atoms with E-state index in [1.165, 1.54) is 0 Å². The minimum atomic E-state index is -3.36. The van der Waals surface area contributed by atoms with Crippen LogP contribution in [-0.2, 0) is 15.8 Å². The van der Waals surface area contributed by atoms with Crippen LogP contribution in [-0.4, -0.2) is 30.3 Å². The van der Waals surface area contributed by atoms with E-state index in [-0.39, 0.29) is 22.7 Å². The van der Waals surface area contributed by atoms with Crippen molar-refractivity contribution in [2.45, 2.75) is 39.5 Å². The Morgan fingerprint density at radius 3 is 2.38 bits per heavy atom. The van der Waals surface area contributed by atoms with Crippen LogP contribution in [0.5, 0.6) is 0 Å². The van der Waals surface area contributed by atoms with Crippen LogP contribution in [0.2, 0.25) is 0 Å². The van der Waals surface area contributed by atoms with Crippen LogP contribution in [0.4, 0.5) is 0 Å². The van der Waals surface area contributed by atoms with Gasteiger partial charge in [0.05, 0.1) is 5.75 Å². The molecule has 1 aromatic carbocycles. The summed E-state index contributed by atoms with van der Waals surface area (Å²) in [5.74, 6) is 0.249. The second kappa shape index (κ2) is 7.33. The summed E-state index contributed by atoms with van der Waals surface area (Å²) < 4.78 is 26.8. The molecule has 0 aliphatic rings. The van der Waals surface area contributed by atoms with Gasteiger partial charge in [0, 0.05) is 18.2 Å². The fourth-order valence-electron chi connectivity index (χ4n) is 2.11. The van der Waals surface area contributed by atoms with Gasteiger partial charge in [0.15, 0.2) is 0 Å². The van der Waals surface area contributed by atoms with E-state index < -0.39 is 10.0 Å². The molecule has 0 aromatic heterocycles. The molecule has 0 heterocycles. The number of benzene rings is 1. The van der Waals surface area contributed by atoms with Crippen LogP contribution in [0.1, 0.15) is 38.8 Å². The molecular weight excluding hydrogens is 304 g/mol. The van der Waals surface area contributed by atoms with Crippen molar-refractivity contribution in [3.8, 4) is 0 Å². The van der Waals surface area contributed by atoms with Crippen molar-refractivity contribution in [1.29, 1.82) is 0 Å². The van der Waals surface area contributed by atoms with Crippen molar-refractivity contribution < 1.29 is 8.42 Å². The zero-order valence-electron chi connectivity index (χ0n) is 13.0. The lowest BCUT2D eigenvalue weighted by Gasteiger charge is -2.27. The highest BCUT2D eigenvalue weighted by molar-refractivity contribution is 7.88. The molecule has 0 atom stereocenters. The van der Waals surface area contributed by atoms with Crippen LogP contribution < -0.4 is 5.73 Å². The summed E-state index contributed by atoms with van der Waals surface area (Å²) >= 11 is 4.93. The summed E-state index contributed by atoms with van der Waals surface area (Å²) in [6, 6.07) is 7.03. The number of hydrogen-bond acceptors (Lipinski definition) is 3. The van der Waals surface area contributed by atoms with Crippen molar-refractivity contribution in [3.05, 3.63) is 35.4 Å². The molecule has 0 saturated heterocycles. The summed E-state index contributed by atoms with van der Waals surface area (Å²) in [4.78, 5) is 0.275. The molecular formula is C15H24N2O2S2. The first-order valence-corrected chi connectivity index (χ1v) is 9.03. The Bertz CT molecular complexity index is 595. The van der Waals surface area contributed by atoms with Crippen LogP contribution in [0.15, 0.2) is 24.3 Å². The van der Waals surface area contributed by atoms with Crippen molar-refractivity contribution in [2.75, 3.05) is 6.54 Å². The zero-order chi connectivity index (χ0) is 16.2. The van der Waals surface area contributed by atoms with E-state index in [1.54, 1.807) is 28.6 Å². The van der Waals surface area contributed by atoms with Gasteiger partial charge in [-0.15, -0.1) is 0 Å². The summed E-state index contributed by atoms with van der Waals surface area (Å²) in [5.41, 5.74) is 6.99. The van der Waals surface area contributed by atoms with Crippen molar-refractivity contribution in [3.63, 3.8) is 0 Å². The molecule has 6 heteroatoms. The second-order valence-electron chi connectivity index (χ2n) is 5.88. The first-order chi connectivity index (χ1) is 9.63. The molecule has 118 valence electrons. The van der Waals surface area contributed by atoms with Gasteiger partial charge >= 0.3 is 0 Å². The van der Waals surface area contributed by atoms with Gasteiger partial charge in [-0.1, -0.05) is 44.3 Å². The Kier molecular flexibility index (Phi) is 6.31. The minimum absolute atomic E-state index is 0.0334. The SMILES string of the molecule is CC(C)CN(C(C)C)S(=O)(=O)Cc1cccc(C(N)=S)c1. The molecule has 0 saturated carbocycles. The fourth-order valence-corrected chi connectivity index (χ4v) is 4.17. The molecule has 0 spiro atoms. The lowest BCUT2D eigenvalue weighted by atomic mass is 10.1. The lowest BCUT2D eigenvalue weighted by molar-refractivity contribution is 0.318. The van der Waals surface area contributed by atoms with E-state index in [0.717, 1.165) is 0 Å². The smallest absolute Gasteiger partial charge is 0.218 e. The molecule has 0 amide bonds. The van der Waals surface area contributed by atoms with Gasteiger partial charge in [-0.3, -0.25) is 0 Å². The predicted molar refractivity (Wildman–Crippen MR) is 91.6 cm³/mol. The first-order valence-electron chi connectivity index (χ1n) is 7.01. The van der Waals surface area contributed by atoms with Crippen LogP contribution in [0, 0.1) is 5.92 Å². The Labute approximate surface area is 133 Å². The summed E-state index contributed by atoms with van der Waals surface area (Å²) in [6.45, 7) is 8.34. The molecule has 0 radical (unpaired) electrons. The first kappa shape index (κ1) is 18.1. The quantitative estimate of drug-likeness (QED) is 0.781. The topological polar surface area (TPSA) is 63.4 Å². The third kappa shape index (κ3) is 5.37. The zero-order valence-corrected chi connectivity index (χ0v) is 14.7. The lowest BCUT2D eigenvalue weighted by Crippen LogP contribution is -2.40. The average molecular weight is 329 g/mol. The Balaban J connectivity index is 3.02. The van der Waals surface area contributed by atoms with Gasteiger partial charge in [-0.25, -0.2) is 8.42 Å². The van der Waals surface area contributed by atoms with Crippen LogP contribution in [0.3, 0.4) is 0 Å². The molecule has 2 N–H and O–H groups in total. The maximum atomic E-state index is 12.6. The Hall–Kier alpha value is -0.980. The second-order valence-corrected chi connectivity index (χ2v) is 8.24. The summed E-state index contributed by atoms with van der Waals surface area (Å²) in [6.07, 6.45) is 0. The summed E-state index contributed by atoms with van der Waals surface area (Å²) in [7, 11) is -3.36. The number of nitrogens with two attached hydrogens (primary N) is 1. The van der Waals surface area contributed by atoms with Gasteiger partial charge in [0.1, 0.15) is 4.99 Å². The van der Waals surface area contributed by atoms with E-state index in [2.05, 4.69) is 0 Å². The molecule has 0 unspecified atom stereocenters. The Morgan fingerprint density at radius 1 is 1.29 bits per heavy atom.